The largest absolute Gasteiger partial charge is 0.338 e. The van der Waals surface area contributed by atoms with Gasteiger partial charge in [-0.05, 0) is 38.8 Å². The maximum absolute atomic E-state index is 12.3. The first-order valence-electron chi connectivity index (χ1n) is 6.66. The third-order valence-corrected chi connectivity index (χ3v) is 3.85. The van der Waals surface area contributed by atoms with Crippen LogP contribution in [0.1, 0.15) is 36.9 Å². The molecule has 1 aromatic carbocycles. The number of hydrogen-bond acceptors (Lipinski definition) is 2. The molecule has 1 saturated heterocycles. The lowest BCUT2D eigenvalue weighted by Crippen LogP contribution is -2.42. The summed E-state index contributed by atoms with van der Waals surface area (Å²) in [6.07, 6.45) is 2.06. The summed E-state index contributed by atoms with van der Waals surface area (Å²) in [5, 5.41) is 3.26. The van der Waals surface area contributed by atoms with Crippen LogP contribution >= 0.6 is 0 Å². The lowest BCUT2D eigenvalue weighted by Gasteiger charge is -2.28. The van der Waals surface area contributed by atoms with Gasteiger partial charge < -0.3 is 10.2 Å². The van der Waals surface area contributed by atoms with Crippen molar-refractivity contribution in [2.45, 2.75) is 38.8 Å². The number of benzene rings is 1. The standard InChI is InChI=1S/C15H22N2O/c1-11-6-8-13(9-7-11)12(2)17(3)15(18)14-5-4-10-16-14/h6-9,12,14,16H,4-5,10H2,1-3H3. The number of amides is 1. The first kappa shape index (κ1) is 13.1. The van der Waals surface area contributed by atoms with Crippen LogP contribution in [0.5, 0.6) is 0 Å². The van der Waals surface area contributed by atoms with Crippen LogP contribution in [0.15, 0.2) is 24.3 Å². The molecule has 0 saturated carbocycles. The topological polar surface area (TPSA) is 32.3 Å². The lowest BCUT2D eigenvalue weighted by atomic mass is 10.0. The average Bonchev–Trinajstić information content (AvgIpc) is 2.91. The Morgan fingerprint density at radius 1 is 1.39 bits per heavy atom. The van der Waals surface area contributed by atoms with Gasteiger partial charge in [-0.1, -0.05) is 29.8 Å². The van der Waals surface area contributed by atoms with Crippen molar-refractivity contribution in [2.24, 2.45) is 0 Å². The molecule has 1 aliphatic rings. The fourth-order valence-electron chi connectivity index (χ4n) is 2.40. The summed E-state index contributed by atoms with van der Waals surface area (Å²) in [4.78, 5) is 14.1. The van der Waals surface area contributed by atoms with Crippen LogP contribution < -0.4 is 5.32 Å². The molecule has 0 spiro atoms. The van der Waals surface area contributed by atoms with E-state index in [2.05, 4.69) is 43.4 Å². The number of hydrogen-bond donors (Lipinski definition) is 1. The van der Waals surface area contributed by atoms with Gasteiger partial charge in [0.2, 0.25) is 5.91 Å². The summed E-state index contributed by atoms with van der Waals surface area (Å²) in [5.74, 6) is 0.209. The second-order valence-corrected chi connectivity index (χ2v) is 5.18. The molecule has 2 rings (SSSR count). The van der Waals surface area contributed by atoms with Crippen molar-refractivity contribution in [3.63, 3.8) is 0 Å². The second-order valence-electron chi connectivity index (χ2n) is 5.18. The Bertz CT molecular complexity index is 407. The summed E-state index contributed by atoms with van der Waals surface area (Å²) < 4.78 is 0. The Hall–Kier alpha value is -1.35. The van der Waals surface area contributed by atoms with E-state index in [9.17, 15) is 4.79 Å². The number of aryl methyl sites for hydroxylation is 1. The van der Waals surface area contributed by atoms with Gasteiger partial charge in [0.15, 0.2) is 0 Å². The third kappa shape index (κ3) is 2.72. The van der Waals surface area contributed by atoms with Gasteiger partial charge >= 0.3 is 0 Å². The molecule has 18 heavy (non-hydrogen) atoms. The Balaban J connectivity index is 2.05. The van der Waals surface area contributed by atoms with Crippen LogP contribution in [-0.2, 0) is 4.79 Å². The van der Waals surface area contributed by atoms with Gasteiger partial charge in [-0.25, -0.2) is 0 Å². The summed E-state index contributed by atoms with van der Waals surface area (Å²) in [7, 11) is 1.90. The van der Waals surface area contributed by atoms with Crippen molar-refractivity contribution in [2.75, 3.05) is 13.6 Å². The quantitative estimate of drug-likeness (QED) is 0.887. The minimum Gasteiger partial charge on any atom is -0.338 e. The molecule has 3 nitrogen and oxygen atoms in total. The molecular weight excluding hydrogens is 224 g/mol. The highest BCUT2D eigenvalue weighted by Crippen LogP contribution is 2.21. The molecule has 98 valence electrons. The van der Waals surface area contributed by atoms with Crippen molar-refractivity contribution >= 4 is 5.91 Å². The van der Waals surface area contributed by atoms with E-state index in [0.29, 0.717) is 0 Å². The molecule has 1 heterocycles. The maximum Gasteiger partial charge on any atom is 0.239 e. The van der Waals surface area contributed by atoms with E-state index in [1.807, 2.05) is 11.9 Å². The number of carbonyl (C=O) groups excluding carboxylic acids is 1. The first-order valence-corrected chi connectivity index (χ1v) is 6.66. The third-order valence-electron chi connectivity index (χ3n) is 3.85. The molecule has 1 aromatic rings. The molecule has 1 aliphatic heterocycles. The monoisotopic (exact) mass is 246 g/mol. The Kier molecular flexibility index (Phi) is 4.02. The molecule has 1 N–H and O–H groups in total. The molecule has 0 radical (unpaired) electrons. The molecule has 0 bridgehead atoms. The molecule has 1 fully saturated rings. The number of nitrogens with zero attached hydrogens (tertiary/aromatic N) is 1. The fraction of sp³-hybridized carbons (Fsp3) is 0.533. The Morgan fingerprint density at radius 2 is 2.06 bits per heavy atom. The van der Waals surface area contributed by atoms with E-state index >= 15 is 0 Å². The molecule has 2 atom stereocenters. The molecule has 1 amide bonds. The zero-order chi connectivity index (χ0) is 13.1. The number of carbonyl (C=O) groups is 1. The van der Waals surface area contributed by atoms with Gasteiger partial charge in [0.25, 0.3) is 0 Å². The lowest BCUT2D eigenvalue weighted by molar-refractivity contribution is -0.133. The Labute approximate surface area is 109 Å². The SMILES string of the molecule is Cc1ccc(C(C)N(C)C(=O)C2CCCN2)cc1. The van der Waals surface area contributed by atoms with Crippen molar-refractivity contribution in [3.05, 3.63) is 35.4 Å². The van der Waals surface area contributed by atoms with Crippen LogP contribution in [0, 0.1) is 6.92 Å². The minimum atomic E-state index is 0.0166. The van der Waals surface area contributed by atoms with Crippen LogP contribution in [0.3, 0.4) is 0 Å². The van der Waals surface area contributed by atoms with E-state index in [4.69, 9.17) is 0 Å². The van der Waals surface area contributed by atoms with Gasteiger partial charge in [-0.15, -0.1) is 0 Å². The average molecular weight is 246 g/mol. The van der Waals surface area contributed by atoms with Crippen LogP contribution in [0.2, 0.25) is 0 Å². The van der Waals surface area contributed by atoms with Gasteiger partial charge in [-0.2, -0.15) is 0 Å². The highest BCUT2D eigenvalue weighted by Gasteiger charge is 2.27. The minimum absolute atomic E-state index is 0.0166. The Morgan fingerprint density at radius 3 is 2.61 bits per heavy atom. The molecule has 0 aromatic heterocycles. The summed E-state index contributed by atoms with van der Waals surface area (Å²) in [5.41, 5.74) is 2.44. The molecule has 3 heteroatoms. The predicted octanol–water partition coefficient (Wildman–Crippen LogP) is 2.27. The van der Waals surface area contributed by atoms with Gasteiger partial charge in [0, 0.05) is 7.05 Å². The van der Waals surface area contributed by atoms with Gasteiger partial charge in [0.1, 0.15) is 0 Å². The van der Waals surface area contributed by atoms with Crippen LogP contribution in [0.4, 0.5) is 0 Å². The van der Waals surface area contributed by atoms with E-state index in [1.54, 1.807) is 0 Å². The zero-order valence-corrected chi connectivity index (χ0v) is 11.4. The maximum atomic E-state index is 12.3. The van der Waals surface area contributed by atoms with E-state index in [-0.39, 0.29) is 18.0 Å². The number of likely N-dealkylation sites (N-methyl/N-ethyl adjacent to an activating group) is 1. The van der Waals surface area contributed by atoms with Crippen molar-refractivity contribution in [1.29, 1.82) is 0 Å². The molecular formula is C15H22N2O. The molecule has 2 unspecified atom stereocenters. The van der Waals surface area contributed by atoms with Crippen molar-refractivity contribution in [1.82, 2.24) is 10.2 Å². The van der Waals surface area contributed by atoms with Gasteiger partial charge in [-0.3, -0.25) is 4.79 Å². The highest BCUT2D eigenvalue weighted by molar-refractivity contribution is 5.82. The van der Waals surface area contributed by atoms with Crippen LogP contribution in [-0.4, -0.2) is 30.4 Å². The smallest absolute Gasteiger partial charge is 0.239 e. The highest BCUT2D eigenvalue weighted by atomic mass is 16.2. The van der Waals surface area contributed by atoms with Crippen LogP contribution in [0.25, 0.3) is 0 Å². The number of rotatable bonds is 3. The summed E-state index contributed by atoms with van der Waals surface area (Å²) in [6, 6.07) is 8.54. The second kappa shape index (κ2) is 5.53. The summed E-state index contributed by atoms with van der Waals surface area (Å²) in [6.45, 7) is 5.12. The first-order chi connectivity index (χ1) is 8.59. The predicted molar refractivity (Wildman–Crippen MR) is 73.4 cm³/mol. The normalized spacial score (nSPS) is 20.7. The van der Waals surface area contributed by atoms with Gasteiger partial charge in [0.05, 0.1) is 12.1 Å². The van der Waals surface area contributed by atoms with E-state index in [1.165, 1.54) is 11.1 Å². The molecule has 0 aliphatic carbocycles. The van der Waals surface area contributed by atoms with E-state index in [0.717, 1.165) is 19.4 Å². The fourth-order valence-corrected chi connectivity index (χ4v) is 2.40. The van der Waals surface area contributed by atoms with E-state index < -0.39 is 0 Å². The summed E-state index contributed by atoms with van der Waals surface area (Å²) >= 11 is 0. The van der Waals surface area contributed by atoms with Crippen molar-refractivity contribution in [3.8, 4) is 0 Å². The zero-order valence-electron chi connectivity index (χ0n) is 11.4. The number of nitrogens with one attached hydrogen (secondary N) is 1. The van der Waals surface area contributed by atoms with Crippen molar-refractivity contribution < 1.29 is 4.79 Å².